The van der Waals surface area contributed by atoms with Crippen molar-refractivity contribution in [2.45, 2.75) is 6.92 Å². The molecule has 1 aromatic rings. The second-order valence-electron chi connectivity index (χ2n) is 3.19. The Labute approximate surface area is 91.1 Å². The molecule has 0 radical (unpaired) electrons. The van der Waals surface area contributed by atoms with Gasteiger partial charge in [-0.2, -0.15) is 0 Å². The van der Waals surface area contributed by atoms with Gasteiger partial charge in [0.1, 0.15) is 17.9 Å². The highest BCUT2D eigenvalue weighted by Crippen LogP contribution is 2.28. The van der Waals surface area contributed by atoms with E-state index in [1.54, 1.807) is 0 Å². The Kier molecular flexibility index (Phi) is 3.34. The van der Waals surface area contributed by atoms with Crippen LogP contribution in [0.2, 0.25) is 0 Å². The van der Waals surface area contributed by atoms with E-state index in [1.807, 2.05) is 0 Å². The molecule has 0 atom stereocenters. The number of carboxylic acid groups (broad SMARTS) is 2. The summed E-state index contributed by atoms with van der Waals surface area (Å²) in [5.41, 5.74) is 0.490. The van der Waals surface area contributed by atoms with E-state index >= 15 is 0 Å². The Bertz CT molecular complexity index is 441. The highest BCUT2D eigenvalue weighted by molar-refractivity contribution is 5.92. The lowest BCUT2D eigenvalue weighted by Crippen LogP contribution is -2.13. The Morgan fingerprint density at radius 3 is 2.44 bits per heavy atom. The van der Waals surface area contributed by atoms with E-state index in [4.69, 9.17) is 10.2 Å². The van der Waals surface area contributed by atoms with Gasteiger partial charge in [0.15, 0.2) is 0 Å². The number of nitrogens with one attached hydrogen (secondary N) is 1. The predicted octanol–water partition coefficient (Wildman–Crippen LogP) is 0.895. The maximum Gasteiger partial charge on any atom is 0.339 e. The highest BCUT2D eigenvalue weighted by Gasteiger charge is 2.14. The quantitative estimate of drug-likeness (QED) is 0.606. The first-order valence-corrected chi connectivity index (χ1v) is 4.45. The third-order valence-corrected chi connectivity index (χ3v) is 2.09. The summed E-state index contributed by atoms with van der Waals surface area (Å²) in [7, 11) is 0. The first-order valence-electron chi connectivity index (χ1n) is 4.45. The first-order chi connectivity index (χ1) is 7.43. The molecule has 0 aliphatic heterocycles. The molecule has 0 unspecified atom stereocenters. The molecule has 4 N–H and O–H groups in total. The van der Waals surface area contributed by atoms with E-state index in [-0.39, 0.29) is 17.9 Å². The van der Waals surface area contributed by atoms with Crippen LogP contribution in [0.5, 0.6) is 5.75 Å². The van der Waals surface area contributed by atoms with Crippen LogP contribution in [-0.4, -0.2) is 33.8 Å². The summed E-state index contributed by atoms with van der Waals surface area (Å²) in [4.78, 5) is 21.0. The van der Waals surface area contributed by atoms with Crippen molar-refractivity contribution in [1.29, 1.82) is 0 Å². The minimum Gasteiger partial charge on any atom is -0.507 e. The summed E-state index contributed by atoms with van der Waals surface area (Å²) in [5.74, 6) is -2.63. The van der Waals surface area contributed by atoms with Gasteiger partial charge in [0.2, 0.25) is 0 Å². The van der Waals surface area contributed by atoms with E-state index in [1.165, 1.54) is 19.1 Å². The van der Waals surface area contributed by atoms with Crippen LogP contribution in [0.4, 0.5) is 5.69 Å². The molecule has 0 spiro atoms. The standard InChI is InChI=1S/C10H11NO5/c1-5-7(11-4-8(12)13)3-2-6(9(5)14)10(15)16/h2-3,11,14H,4H2,1H3,(H,12,13)(H,15,16). The second-order valence-corrected chi connectivity index (χ2v) is 3.19. The lowest BCUT2D eigenvalue weighted by Gasteiger charge is -2.10. The van der Waals surface area contributed by atoms with Crippen molar-refractivity contribution in [1.82, 2.24) is 0 Å². The smallest absolute Gasteiger partial charge is 0.339 e. The molecule has 6 nitrogen and oxygen atoms in total. The summed E-state index contributed by atoms with van der Waals surface area (Å²) in [5, 5.41) is 29.3. The van der Waals surface area contributed by atoms with Crippen LogP contribution in [0.25, 0.3) is 0 Å². The van der Waals surface area contributed by atoms with Gasteiger partial charge in [-0.05, 0) is 19.1 Å². The average Bonchev–Trinajstić information content (AvgIpc) is 2.19. The van der Waals surface area contributed by atoms with Gasteiger partial charge in [0.05, 0.1) is 0 Å². The lowest BCUT2D eigenvalue weighted by molar-refractivity contribution is -0.134. The average molecular weight is 225 g/mol. The summed E-state index contributed by atoms with van der Waals surface area (Å²) in [6.45, 7) is 1.21. The molecule has 6 heteroatoms. The molecular formula is C10H11NO5. The summed E-state index contributed by atoms with van der Waals surface area (Å²) >= 11 is 0. The van der Waals surface area contributed by atoms with Gasteiger partial charge in [0.25, 0.3) is 0 Å². The molecule has 86 valence electrons. The minimum atomic E-state index is -1.23. The zero-order valence-corrected chi connectivity index (χ0v) is 8.52. The summed E-state index contributed by atoms with van der Waals surface area (Å²) in [6, 6.07) is 2.64. The van der Waals surface area contributed by atoms with Crippen molar-refractivity contribution >= 4 is 17.6 Å². The van der Waals surface area contributed by atoms with Crippen LogP contribution in [0, 0.1) is 6.92 Å². The van der Waals surface area contributed by atoms with Crippen molar-refractivity contribution in [2.75, 3.05) is 11.9 Å². The molecule has 0 saturated carbocycles. The Hall–Kier alpha value is -2.24. The maximum absolute atomic E-state index is 10.7. The predicted molar refractivity (Wildman–Crippen MR) is 55.9 cm³/mol. The van der Waals surface area contributed by atoms with Crippen LogP contribution < -0.4 is 5.32 Å². The number of phenols is 1. The Morgan fingerprint density at radius 1 is 1.31 bits per heavy atom. The van der Waals surface area contributed by atoms with Gasteiger partial charge in [0, 0.05) is 11.3 Å². The number of benzene rings is 1. The Morgan fingerprint density at radius 2 is 1.94 bits per heavy atom. The molecule has 16 heavy (non-hydrogen) atoms. The molecule has 0 bridgehead atoms. The van der Waals surface area contributed by atoms with Crippen LogP contribution in [0.15, 0.2) is 12.1 Å². The van der Waals surface area contributed by atoms with Crippen molar-refractivity contribution < 1.29 is 24.9 Å². The zero-order chi connectivity index (χ0) is 12.3. The SMILES string of the molecule is Cc1c(NCC(=O)O)ccc(C(=O)O)c1O. The fraction of sp³-hybridized carbons (Fsp3) is 0.200. The number of hydrogen-bond donors (Lipinski definition) is 4. The van der Waals surface area contributed by atoms with Crippen LogP contribution in [0.3, 0.4) is 0 Å². The monoisotopic (exact) mass is 225 g/mol. The molecule has 0 heterocycles. The van der Waals surface area contributed by atoms with E-state index in [2.05, 4.69) is 5.32 Å². The largest absolute Gasteiger partial charge is 0.507 e. The summed E-state index contributed by atoms with van der Waals surface area (Å²) < 4.78 is 0. The molecule has 1 rings (SSSR count). The van der Waals surface area contributed by atoms with E-state index < -0.39 is 11.9 Å². The number of aromatic hydroxyl groups is 1. The van der Waals surface area contributed by atoms with Crippen molar-refractivity contribution in [2.24, 2.45) is 0 Å². The molecule has 0 aliphatic carbocycles. The van der Waals surface area contributed by atoms with Gasteiger partial charge >= 0.3 is 11.9 Å². The zero-order valence-electron chi connectivity index (χ0n) is 8.52. The number of anilines is 1. The van der Waals surface area contributed by atoms with Crippen molar-refractivity contribution in [3.8, 4) is 5.75 Å². The third-order valence-electron chi connectivity index (χ3n) is 2.09. The molecule has 0 fully saturated rings. The van der Waals surface area contributed by atoms with E-state index in [0.717, 1.165) is 0 Å². The van der Waals surface area contributed by atoms with Gasteiger partial charge in [-0.15, -0.1) is 0 Å². The van der Waals surface area contributed by atoms with E-state index in [0.29, 0.717) is 11.3 Å². The molecule has 0 aromatic heterocycles. The van der Waals surface area contributed by atoms with Gasteiger partial charge in [-0.3, -0.25) is 4.79 Å². The number of hydrogen-bond acceptors (Lipinski definition) is 4. The van der Waals surface area contributed by atoms with E-state index in [9.17, 15) is 14.7 Å². The number of carbonyl (C=O) groups is 2. The lowest BCUT2D eigenvalue weighted by atomic mass is 10.1. The topological polar surface area (TPSA) is 107 Å². The normalized spacial score (nSPS) is 9.81. The second kappa shape index (κ2) is 4.52. The molecule has 0 saturated heterocycles. The van der Waals surface area contributed by atoms with Gasteiger partial charge in [-0.25, -0.2) is 4.79 Å². The fourth-order valence-electron chi connectivity index (χ4n) is 1.24. The van der Waals surface area contributed by atoms with Gasteiger partial charge in [-0.1, -0.05) is 0 Å². The van der Waals surface area contributed by atoms with Crippen LogP contribution in [-0.2, 0) is 4.79 Å². The minimum absolute atomic E-state index is 0.210. The molecule has 0 amide bonds. The van der Waals surface area contributed by atoms with Gasteiger partial charge < -0.3 is 20.6 Å². The molecular weight excluding hydrogens is 214 g/mol. The number of carboxylic acids is 2. The highest BCUT2D eigenvalue weighted by atomic mass is 16.4. The summed E-state index contributed by atoms with van der Waals surface area (Å²) in [6.07, 6.45) is 0. The van der Waals surface area contributed by atoms with Crippen LogP contribution in [0.1, 0.15) is 15.9 Å². The number of aliphatic carboxylic acids is 1. The fourth-order valence-corrected chi connectivity index (χ4v) is 1.24. The van der Waals surface area contributed by atoms with Crippen LogP contribution >= 0.6 is 0 Å². The van der Waals surface area contributed by atoms with Crippen molar-refractivity contribution in [3.63, 3.8) is 0 Å². The van der Waals surface area contributed by atoms with Crippen molar-refractivity contribution in [3.05, 3.63) is 23.3 Å². The Balaban J connectivity index is 3.02. The number of rotatable bonds is 4. The maximum atomic E-state index is 10.7. The first kappa shape index (κ1) is 11.8. The molecule has 0 aliphatic rings. The molecule has 1 aromatic carbocycles. The third kappa shape index (κ3) is 2.41. The number of aromatic carboxylic acids is 1.